The SMILES string of the molecule is O=C(Cn1c(=O)oc2cc([N+](=O)[O-])ccc21)Nc1ccc(C(=O)Nc2nccs2)cc1. The fourth-order valence-corrected chi connectivity index (χ4v) is 3.35. The smallest absolute Gasteiger partial charge is 0.407 e. The van der Waals surface area contributed by atoms with Gasteiger partial charge in [0.05, 0.1) is 16.5 Å². The number of anilines is 2. The van der Waals surface area contributed by atoms with Crippen molar-refractivity contribution in [1.29, 1.82) is 0 Å². The number of hydrogen-bond acceptors (Lipinski definition) is 8. The molecule has 0 saturated carbocycles. The number of thiazole rings is 1. The molecule has 0 unspecified atom stereocenters. The highest BCUT2D eigenvalue weighted by Gasteiger charge is 2.16. The quantitative estimate of drug-likeness (QED) is 0.346. The second-order valence-corrected chi connectivity index (χ2v) is 7.17. The minimum absolute atomic E-state index is 0.0163. The average Bonchev–Trinajstić information content (AvgIpc) is 3.35. The Morgan fingerprint density at radius 3 is 2.61 bits per heavy atom. The largest absolute Gasteiger partial charge is 0.420 e. The van der Waals surface area contributed by atoms with E-state index in [1.165, 1.54) is 35.6 Å². The third-order valence-corrected chi connectivity index (χ3v) is 4.94. The molecule has 0 bridgehead atoms. The van der Waals surface area contributed by atoms with Crippen LogP contribution in [-0.2, 0) is 11.3 Å². The molecule has 0 saturated heterocycles. The predicted molar refractivity (Wildman–Crippen MR) is 112 cm³/mol. The van der Waals surface area contributed by atoms with Gasteiger partial charge in [0.1, 0.15) is 6.54 Å². The van der Waals surface area contributed by atoms with Gasteiger partial charge in [-0.2, -0.15) is 0 Å². The summed E-state index contributed by atoms with van der Waals surface area (Å²) in [6.45, 7) is -0.351. The number of carbonyl (C=O) groups excluding carboxylic acids is 2. The van der Waals surface area contributed by atoms with E-state index in [1.54, 1.807) is 23.7 Å². The second-order valence-electron chi connectivity index (χ2n) is 6.28. The topological polar surface area (TPSA) is 149 Å². The van der Waals surface area contributed by atoms with Crippen LogP contribution < -0.4 is 16.4 Å². The van der Waals surface area contributed by atoms with E-state index < -0.39 is 16.6 Å². The number of nitrogens with zero attached hydrogens (tertiary/aromatic N) is 3. The van der Waals surface area contributed by atoms with Gasteiger partial charge in [-0.25, -0.2) is 9.78 Å². The lowest BCUT2D eigenvalue weighted by Crippen LogP contribution is -2.24. The number of rotatable bonds is 6. The van der Waals surface area contributed by atoms with Crippen LogP contribution in [0.25, 0.3) is 11.1 Å². The van der Waals surface area contributed by atoms with Gasteiger partial charge in [0.2, 0.25) is 5.91 Å². The summed E-state index contributed by atoms with van der Waals surface area (Å²) in [5, 5.41) is 18.3. The van der Waals surface area contributed by atoms with Gasteiger partial charge in [0, 0.05) is 28.9 Å². The van der Waals surface area contributed by atoms with E-state index in [4.69, 9.17) is 4.42 Å². The molecule has 0 atom stereocenters. The Morgan fingerprint density at radius 1 is 1.16 bits per heavy atom. The molecule has 156 valence electrons. The van der Waals surface area contributed by atoms with Crippen LogP contribution in [0.4, 0.5) is 16.5 Å². The molecule has 2 amide bonds. The second kappa shape index (κ2) is 8.20. The van der Waals surface area contributed by atoms with Gasteiger partial charge in [0.25, 0.3) is 11.6 Å². The van der Waals surface area contributed by atoms with Crippen molar-refractivity contribution in [2.45, 2.75) is 6.54 Å². The van der Waals surface area contributed by atoms with E-state index in [-0.39, 0.29) is 29.2 Å². The van der Waals surface area contributed by atoms with Crippen molar-refractivity contribution in [3.8, 4) is 0 Å². The summed E-state index contributed by atoms with van der Waals surface area (Å²) in [4.78, 5) is 50.8. The van der Waals surface area contributed by atoms with E-state index >= 15 is 0 Å². The predicted octanol–water partition coefficient (Wildman–Crippen LogP) is 2.85. The van der Waals surface area contributed by atoms with E-state index in [1.807, 2.05) is 0 Å². The monoisotopic (exact) mass is 439 g/mol. The fourth-order valence-electron chi connectivity index (χ4n) is 2.82. The minimum atomic E-state index is -0.806. The lowest BCUT2D eigenvalue weighted by atomic mass is 10.2. The number of fused-ring (bicyclic) bond motifs is 1. The molecule has 0 fully saturated rings. The molecule has 0 aliphatic heterocycles. The van der Waals surface area contributed by atoms with Crippen LogP contribution in [0.15, 0.2) is 63.3 Å². The summed E-state index contributed by atoms with van der Waals surface area (Å²) in [6, 6.07) is 9.88. The summed E-state index contributed by atoms with van der Waals surface area (Å²) < 4.78 is 6.07. The van der Waals surface area contributed by atoms with Gasteiger partial charge in [-0.05, 0) is 30.3 Å². The summed E-state index contributed by atoms with van der Waals surface area (Å²) in [6.07, 6.45) is 1.58. The summed E-state index contributed by atoms with van der Waals surface area (Å²) in [5.74, 6) is -1.65. The summed E-state index contributed by atoms with van der Waals surface area (Å²) in [5.41, 5.74) is 0.860. The number of nitro groups is 1. The van der Waals surface area contributed by atoms with Crippen LogP contribution in [0.5, 0.6) is 0 Å². The Kier molecular flexibility index (Phi) is 5.28. The number of nitrogens with one attached hydrogen (secondary N) is 2. The van der Waals surface area contributed by atoms with Gasteiger partial charge >= 0.3 is 5.76 Å². The molecule has 0 radical (unpaired) electrons. The molecule has 0 aliphatic carbocycles. The van der Waals surface area contributed by atoms with E-state index in [2.05, 4.69) is 15.6 Å². The van der Waals surface area contributed by atoms with Crippen LogP contribution in [0.3, 0.4) is 0 Å². The molecule has 2 heterocycles. The van der Waals surface area contributed by atoms with Gasteiger partial charge in [-0.15, -0.1) is 11.3 Å². The number of amides is 2. The number of oxazole rings is 1. The van der Waals surface area contributed by atoms with E-state index in [9.17, 15) is 24.5 Å². The lowest BCUT2D eigenvalue weighted by Gasteiger charge is -2.07. The zero-order chi connectivity index (χ0) is 22.0. The number of hydrogen-bond donors (Lipinski definition) is 2. The zero-order valence-electron chi connectivity index (χ0n) is 15.6. The van der Waals surface area contributed by atoms with Crippen molar-refractivity contribution >= 4 is 50.8 Å². The Hall–Kier alpha value is -4.32. The van der Waals surface area contributed by atoms with Gasteiger partial charge in [-0.1, -0.05) is 0 Å². The first kappa shape index (κ1) is 20.0. The third kappa shape index (κ3) is 4.33. The number of nitro benzene ring substituents is 1. The standard InChI is InChI=1S/C19H13N5O6S/c25-16(10-23-14-6-5-13(24(28)29)9-15(14)30-19(23)27)21-12-3-1-11(2-4-12)17(26)22-18-20-7-8-31-18/h1-9H,10H2,(H,21,25)(H,20,22,26). The van der Waals surface area contributed by atoms with Gasteiger partial charge in [0.15, 0.2) is 10.7 Å². The lowest BCUT2D eigenvalue weighted by molar-refractivity contribution is -0.384. The number of non-ortho nitro benzene ring substituents is 1. The zero-order valence-corrected chi connectivity index (χ0v) is 16.4. The maximum atomic E-state index is 12.4. The first-order chi connectivity index (χ1) is 14.9. The number of benzene rings is 2. The Bertz CT molecular complexity index is 1340. The Morgan fingerprint density at radius 2 is 1.94 bits per heavy atom. The average molecular weight is 439 g/mol. The van der Waals surface area contributed by atoms with Crippen molar-refractivity contribution in [2.24, 2.45) is 0 Å². The highest BCUT2D eigenvalue weighted by atomic mass is 32.1. The van der Waals surface area contributed by atoms with Crippen LogP contribution in [0.2, 0.25) is 0 Å². The Labute approximate surface area is 177 Å². The van der Waals surface area contributed by atoms with Crippen LogP contribution >= 0.6 is 11.3 Å². The molecule has 2 N–H and O–H groups in total. The number of carbonyl (C=O) groups is 2. The van der Waals surface area contributed by atoms with Crippen LogP contribution in [-0.4, -0.2) is 26.3 Å². The van der Waals surface area contributed by atoms with Crippen molar-refractivity contribution < 1.29 is 18.9 Å². The van der Waals surface area contributed by atoms with Crippen molar-refractivity contribution in [1.82, 2.24) is 9.55 Å². The molecule has 4 aromatic rings. The van der Waals surface area contributed by atoms with Gasteiger partial charge < -0.3 is 9.73 Å². The first-order valence-corrected chi connectivity index (χ1v) is 9.67. The molecular formula is C19H13N5O6S. The van der Waals surface area contributed by atoms with E-state index in [0.717, 1.165) is 10.6 Å². The third-order valence-electron chi connectivity index (χ3n) is 4.25. The molecule has 12 heteroatoms. The first-order valence-electron chi connectivity index (χ1n) is 8.79. The van der Waals surface area contributed by atoms with Crippen LogP contribution in [0.1, 0.15) is 10.4 Å². The Balaban J connectivity index is 1.44. The normalized spacial score (nSPS) is 10.7. The molecular weight excluding hydrogens is 426 g/mol. The highest BCUT2D eigenvalue weighted by Crippen LogP contribution is 2.20. The molecule has 2 aromatic carbocycles. The van der Waals surface area contributed by atoms with E-state index in [0.29, 0.717) is 16.4 Å². The molecule has 0 spiro atoms. The number of aromatic nitrogens is 2. The maximum Gasteiger partial charge on any atom is 0.420 e. The van der Waals surface area contributed by atoms with Gasteiger partial charge in [-0.3, -0.25) is 29.6 Å². The van der Waals surface area contributed by atoms with Crippen molar-refractivity contribution in [3.63, 3.8) is 0 Å². The maximum absolute atomic E-state index is 12.4. The molecule has 4 rings (SSSR count). The fraction of sp³-hybridized carbons (Fsp3) is 0.0526. The van der Waals surface area contributed by atoms with Crippen LogP contribution in [0, 0.1) is 10.1 Å². The molecule has 2 aromatic heterocycles. The molecule has 11 nitrogen and oxygen atoms in total. The highest BCUT2D eigenvalue weighted by molar-refractivity contribution is 7.13. The van der Waals surface area contributed by atoms with Crippen molar-refractivity contribution in [3.05, 3.63) is 80.3 Å². The molecule has 31 heavy (non-hydrogen) atoms. The summed E-state index contributed by atoms with van der Waals surface area (Å²) >= 11 is 1.29. The summed E-state index contributed by atoms with van der Waals surface area (Å²) in [7, 11) is 0. The van der Waals surface area contributed by atoms with Crippen molar-refractivity contribution in [2.75, 3.05) is 10.6 Å². The minimum Gasteiger partial charge on any atom is -0.407 e. The molecule has 0 aliphatic rings.